The summed E-state index contributed by atoms with van der Waals surface area (Å²) in [6, 6.07) is 11.4. The van der Waals surface area contributed by atoms with Crippen molar-refractivity contribution in [2.45, 2.75) is 95.2 Å². The Bertz CT molecular complexity index is 1580. The number of nitrogens with one attached hydrogen (secondary N) is 2. The van der Waals surface area contributed by atoms with Crippen LogP contribution in [-0.2, 0) is 36.1 Å². The van der Waals surface area contributed by atoms with Gasteiger partial charge in [0.25, 0.3) is 17.7 Å². The molecule has 2 saturated heterocycles. The summed E-state index contributed by atoms with van der Waals surface area (Å²) in [6.07, 6.45) is -2.17. The summed E-state index contributed by atoms with van der Waals surface area (Å²) in [5.74, 6) is -2.65. The minimum atomic E-state index is -3.59. The molecule has 3 aliphatic rings. The van der Waals surface area contributed by atoms with Crippen molar-refractivity contribution in [3.8, 4) is 0 Å². The van der Waals surface area contributed by atoms with Crippen LogP contribution in [0.5, 0.6) is 0 Å². The number of aliphatic hydroxyl groups excluding tert-OH is 3. The molecule has 2 fully saturated rings. The fourth-order valence-corrected chi connectivity index (χ4v) is 10.0. The van der Waals surface area contributed by atoms with Crippen molar-refractivity contribution in [3.05, 3.63) is 53.6 Å². The van der Waals surface area contributed by atoms with Crippen LogP contribution >= 0.6 is 0 Å². The molecule has 0 radical (unpaired) electrons. The molecule has 4 amide bonds. The van der Waals surface area contributed by atoms with Gasteiger partial charge in [-0.3, -0.25) is 19.2 Å². The number of amides is 4. The van der Waals surface area contributed by atoms with Gasteiger partial charge in [-0.15, -0.1) is 0 Å². The number of carbonyl (C=O) groups is 4. The number of ether oxygens (including phenoxy) is 1. The Morgan fingerprint density at radius 3 is 2.31 bits per heavy atom. The molecule has 5 N–H and O–H groups in total. The van der Waals surface area contributed by atoms with Gasteiger partial charge in [0.05, 0.1) is 37.4 Å². The van der Waals surface area contributed by atoms with Crippen LogP contribution in [0, 0.1) is 5.92 Å². The number of hydrogen-bond acceptors (Lipinski definition) is 8. The normalized spacial score (nSPS) is 26.5. The summed E-state index contributed by atoms with van der Waals surface area (Å²) < 4.78 is 23.0. The van der Waals surface area contributed by atoms with Gasteiger partial charge in [0.1, 0.15) is 12.2 Å². The number of fused-ring (bicyclic) bond motifs is 2. The monoisotopic (exact) mass is 684 g/mol. The van der Waals surface area contributed by atoms with Crippen LogP contribution in [0.15, 0.2) is 42.5 Å². The molecular weight excluding hydrogens is 639 g/mol. The Kier molecular flexibility index (Phi) is 10.1. The lowest BCUT2D eigenvalue weighted by molar-refractivity contribution is -0.150. The Labute approximate surface area is 280 Å². The van der Waals surface area contributed by atoms with Crippen molar-refractivity contribution in [1.82, 2.24) is 4.90 Å². The third kappa shape index (κ3) is 6.63. The second-order valence-corrected chi connectivity index (χ2v) is 17.5. The third-order valence-corrected chi connectivity index (χ3v) is 12.3. The van der Waals surface area contributed by atoms with E-state index in [-0.39, 0.29) is 31.5 Å². The molecule has 0 saturated carbocycles. The molecule has 7 atom stereocenters. The first-order valence-corrected chi connectivity index (χ1v) is 19.3. The zero-order valence-electron chi connectivity index (χ0n) is 27.9. The number of aliphatic hydroxyl groups is 3. The minimum absolute atomic E-state index is 0.0537. The topological polar surface area (TPSA) is 169 Å². The second kappa shape index (κ2) is 13.7. The zero-order chi connectivity index (χ0) is 35.1. The van der Waals surface area contributed by atoms with Gasteiger partial charge < -0.3 is 44.6 Å². The predicted molar refractivity (Wildman–Crippen MR) is 179 cm³/mol. The lowest BCUT2D eigenvalue weighted by Crippen LogP contribution is -2.45. The average molecular weight is 685 g/mol. The maximum atomic E-state index is 16.3. The van der Waals surface area contributed by atoms with E-state index in [1.165, 1.54) is 18.7 Å². The highest BCUT2D eigenvalue weighted by Crippen LogP contribution is 2.60. The molecule has 3 aliphatic heterocycles. The van der Waals surface area contributed by atoms with E-state index in [4.69, 9.17) is 4.74 Å². The molecule has 0 aromatic heterocycles. The van der Waals surface area contributed by atoms with Gasteiger partial charge in [-0.05, 0) is 75.7 Å². The van der Waals surface area contributed by atoms with Crippen LogP contribution < -0.4 is 15.5 Å². The molecule has 0 aliphatic carbocycles. The van der Waals surface area contributed by atoms with Crippen molar-refractivity contribution in [2.75, 3.05) is 28.7 Å². The zero-order valence-corrected chi connectivity index (χ0v) is 28.9. The average Bonchev–Trinajstić information content (AvgIpc) is 3.67. The summed E-state index contributed by atoms with van der Waals surface area (Å²) in [4.78, 5) is 56.1. The van der Waals surface area contributed by atoms with Gasteiger partial charge >= 0.3 is 0 Å². The van der Waals surface area contributed by atoms with E-state index in [1.807, 2.05) is 0 Å². The first kappa shape index (κ1) is 35.6. The fourth-order valence-electron chi connectivity index (χ4n) is 7.55. The third-order valence-electron chi connectivity index (χ3n) is 9.81. The van der Waals surface area contributed by atoms with E-state index < -0.39 is 61.5 Å². The van der Waals surface area contributed by atoms with Crippen LogP contribution in [0.2, 0.25) is 18.6 Å². The van der Waals surface area contributed by atoms with Gasteiger partial charge in [0.15, 0.2) is 5.60 Å². The van der Waals surface area contributed by atoms with E-state index in [9.17, 15) is 34.5 Å². The second-order valence-electron chi connectivity index (χ2n) is 13.7. The van der Waals surface area contributed by atoms with Crippen molar-refractivity contribution >= 4 is 49.1 Å². The Morgan fingerprint density at radius 1 is 1.06 bits per heavy atom. The number of benzene rings is 2. The van der Waals surface area contributed by atoms with Gasteiger partial charge in [0.2, 0.25) is 14.3 Å². The molecule has 2 aromatic rings. The lowest BCUT2D eigenvalue weighted by Gasteiger charge is -2.31. The molecule has 0 unspecified atom stereocenters. The number of likely N-dealkylation sites (tertiary alicyclic amines) is 1. The highest BCUT2D eigenvalue weighted by Gasteiger charge is 2.67. The van der Waals surface area contributed by atoms with Gasteiger partial charge in [-0.1, -0.05) is 19.1 Å². The minimum Gasteiger partial charge on any atom is -0.394 e. The predicted octanol–water partition coefficient (Wildman–Crippen LogP) is 3.02. The van der Waals surface area contributed by atoms with E-state index in [1.54, 1.807) is 67.4 Å². The molecule has 12 nitrogen and oxygen atoms in total. The number of anilines is 3. The molecular formula is C34H45FN4O8Si. The maximum Gasteiger partial charge on any atom is 0.264 e. The van der Waals surface area contributed by atoms with Crippen molar-refractivity contribution < 1.29 is 43.3 Å². The van der Waals surface area contributed by atoms with E-state index >= 15 is 4.11 Å². The van der Waals surface area contributed by atoms with E-state index in [0.717, 1.165) is 6.42 Å². The van der Waals surface area contributed by atoms with Crippen LogP contribution in [0.1, 0.15) is 51.2 Å². The number of hydrogen-bond donors (Lipinski definition) is 5. The van der Waals surface area contributed by atoms with Gasteiger partial charge in [-0.2, -0.15) is 0 Å². The Morgan fingerprint density at radius 2 is 1.71 bits per heavy atom. The van der Waals surface area contributed by atoms with Crippen molar-refractivity contribution in [1.29, 1.82) is 0 Å². The molecule has 1 spiro atoms. The number of carbonyl (C=O) groups excluding carboxylic acids is 4. The summed E-state index contributed by atoms with van der Waals surface area (Å²) in [7, 11) is -3.59. The first-order chi connectivity index (χ1) is 22.6. The molecule has 48 heavy (non-hydrogen) atoms. The smallest absolute Gasteiger partial charge is 0.264 e. The summed E-state index contributed by atoms with van der Waals surface area (Å²) >= 11 is 0. The largest absolute Gasteiger partial charge is 0.394 e. The fraction of sp³-hybridized carbons (Fsp3) is 0.529. The van der Waals surface area contributed by atoms with Crippen LogP contribution in [-0.4, -0.2) is 89.8 Å². The van der Waals surface area contributed by atoms with Crippen LogP contribution in [0.3, 0.4) is 0 Å². The summed E-state index contributed by atoms with van der Waals surface area (Å²) in [5, 5.41) is 34.6. The van der Waals surface area contributed by atoms with Crippen molar-refractivity contribution in [2.24, 2.45) is 5.92 Å². The molecule has 14 heteroatoms. The molecule has 5 rings (SSSR count). The highest BCUT2D eigenvalue weighted by molar-refractivity contribution is 6.72. The first-order valence-electron chi connectivity index (χ1n) is 16.4. The Hall–Kier alpha value is -3.69. The summed E-state index contributed by atoms with van der Waals surface area (Å²) in [5.41, 5.74) is -0.162. The number of rotatable bonds is 10. The molecule has 260 valence electrons. The van der Waals surface area contributed by atoms with Crippen LogP contribution in [0.25, 0.3) is 0 Å². The maximum absolute atomic E-state index is 16.3. The molecule has 3 heterocycles. The van der Waals surface area contributed by atoms with Gasteiger partial charge in [0, 0.05) is 34.9 Å². The standard InChI is InChI=1S/C34H45FN4O8Si/c1-19-30(48(4,5)35)28(16-29(43)38-13-7-10-25(38)18-40)47-34(19)26-15-24(37-32(45)21(3)42)11-12-27(26)39(33(34)46)17-22-8-6-9-23(14-22)36-31(44)20(2)41/h6,8-9,11-12,14-15,19-21,25,28,30,40-42H,7,10,13,16-18H2,1-5H3,(H,36,44)(H,37,45)/t19-,20-,21-,25-,28+,30-,34+/m0/s1. The van der Waals surface area contributed by atoms with Crippen LogP contribution in [0.4, 0.5) is 21.2 Å². The van der Waals surface area contributed by atoms with Gasteiger partial charge in [-0.25, -0.2) is 0 Å². The number of nitrogens with zero attached hydrogens (tertiary/aromatic N) is 2. The van der Waals surface area contributed by atoms with E-state index in [0.29, 0.717) is 41.2 Å². The summed E-state index contributed by atoms with van der Waals surface area (Å²) in [6.45, 7) is 7.91. The Balaban J connectivity index is 1.56. The van der Waals surface area contributed by atoms with E-state index in [2.05, 4.69) is 10.6 Å². The lowest BCUT2D eigenvalue weighted by atomic mass is 9.82. The quantitative estimate of drug-likeness (QED) is 0.188. The molecule has 2 aromatic carbocycles. The van der Waals surface area contributed by atoms with Crippen molar-refractivity contribution in [3.63, 3.8) is 0 Å². The SMILES string of the molecule is C[C@H](O)C(=O)Nc1cccc(CN2C(=O)[C@]3(O[C@H](CC(=O)N4CCC[C@H]4CO)[C@@H]([Si](C)(C)F)[C@@H]3C)c3cc(NC(=O)[C@H](C)O)ccc32)c1. The number of halogens is 1. The molecule has 0 bridgehead atoms. The highest BCUT2D eigenvalue weighted by atomic mass is 28.4.